The van der Waals surface area contributed by atoms with Crippen molar-refractivity contribution in [3.63, 3.8) is 0 Å². The van der Waals surface area contributed by atoms with E-state index in [1.807, 2.05) is 13.8 Å². The van der Waals surface area contributed by atoms with Crippen molar-refractivity contribution >= 4 is 21.7 Å². The van der Waals surface area contributed by atoms with Gasteiger partial charge in [0, 0.05) is 5.56 Å². The summed E-state index contributed by atoms with van der Waals surface area (Å²) in [5.74, 6) is 0.195. The van der Waals surface area contributed by atoms with Crippen LogP contribution in [-0.2, 0) is 0 Å². The Morgan fingerprint density at radius 1 is 1.19 bits per heavy atom. The van der Waals surface area contributed by atoms with E-state index in [-0.39, 0.29) is 11.5 Å². The molecule has 0 aliphatic carbocycles. The lowest BCUT2D eigenvalue weighted by molar-refractivity contribution is 0.102. The molecule has 0 fully saturated rings. The van der Waals surface area contributed by atoms with Gasteiger partial charge in [0.15, 0.2) is 5.78 Å². The zero-order valence-corrected chi connectivity index (χ0v) is 12.0. The Kier molecular flexibility index (Phi) is 13.4. The number of aromatic hydroxyl groups is 1. The fourth-order valence-corrected chi connectivity index (χ4v) is 1.05. The number of Topliss-reactive ketones (excluding diaryl/α,β-unsaturated/α-hetero) is 1. The largest absolute Gasteiger partial charge is 0.508 e. The van der Waals surface area contributed by atoms with Gasteiger partial charge in [-0.25, -0.2) is 0 Å². The number of ketones is 1. The van der Waals surface area contributed by atoms with Crippen LogP contribution in [0.4, 0.5) is 0 Å². The number of rotatable bonds is 2. The highest BCUT2D eigenvalue weighted by Gasteiger charge is 2.01. The van der Waals surface area contributed by atoms with Crippen LogP contribution in [0.3, 0.4) is 0 Å². The molecule has 0 saturated carbocycles. The SMILES string of the molecule is CC.CCC.O=C(CBr)c1ccc(O)cc1. The molecule has 0 bridgehead atoms. The van der Waals surface area contributed by atoms with Crippen LogP contribution in [0.5, 0.6) is 5.75 Å². The van der Waals surface area contributed by atoms with Crippen LogP contribution in [0, 0.1) is 0 Å². The quantitative estimate of drug-likeness (QED) is 0.646. The number of carbonyl (C=O) groups is 1. The summed E-state index contributed by atoms with van der Waals surface area (Å²) >= 11 is 3.06. The molecular weight excluding hydrogens is 268 g/mol. The second-order valence-electron chi connectivity index (χ2n) is 2.81. The molecule has 3 heteroatoms. The van der Waals surface area contributed by atoms with Crippen LogP contribution in [-0.4, -0.2) is 16.2 Å². The predicted octanol–water partition coefficient (Wildman–Crippen LogP) is 4.41. The van der Waals surface area contributed by atoms with Crippen molar-refractivity contribution in [1.29, 1.82) is 0 Å². The number of carbonyl (C=O) groups excluding carboxylic acids is 1. The van der Waals surface area contributed by atoms with E-state index in [9.17, 15) is 4.79 Å². The van der Waals surface area contributed by atoms with Crippen LogP contribution in [0.25, 0.3) is 0 Å². The maximum absolute atomic E-state index is 11.0. The standard InChI is InChI=1S/C8H7BrO2.C3H8.C2H6/c9-5-8(11)6-1-3-7(10)4-2-6;1-3-2;1-2/h1-4,10H,5H2;3H2,1-2H3;1-2H3. The topological polar surface area (TPSA) is 37.3 Å². The first-order chi connectivity index (χ1) is 7.65. The third-order valence-electron chi connectivity index (χ3n) is 1.31. The molecule has 0 unspecified atom stereocenters. The Morgan fingerprint density at radius 2 is 1.56 bits per heavy atom. The van der Waals surface area contributed by atoms with Gasteiger partial charge in [0.25, 0.3) is 0 Å². The van der Waals surface area contributed by atoms with Crippen LogP contribution in [0.1, 0.15) is 44.5 Å². The molecule has 1 N–H and O–H groups in total. The molecule has 0 aliphatic heterocycles. The predicted molar refractivity (Wildman–Crippen MR) is 73.5 cm³/mol. The fourth-order valence-electron chi connectivity index (χ4n) is 0.724. The number of phenols is 1. The molecule has 0 aliphatic rings. The van der Waals surface area contributed by atoms with Gasteiger partial charge >= 0.3 is 0 Å². The highest BCUT2D eigenvalue weighted by atomic mass is 79.9. The monoisotopic (exact) mass is 288 g/mol. The lowest BCUT2D eigenvalue weighted by Crippen LogP contribution is -1.98. The first kappa shape index (κ1) is 17.6. The van der Waals surface area contributed by atoms with E-state index in [2.05, 4.69) is 29.8 Å². The maximum atomic E-state index is 11.0. The van der Waals surface area contributed by atoms with Crippen molar-refractivity contribution in [1.82, 2.24) is 0 Å². The van der Waals surface area contributed by atoms with Crippen molar-refractivity contribution in [2.24, 2.45) is 0 Å². The summed E-state index contributed by atoms with van der Waals surface area (Å²) in [7, 11) is 0. The minimum absolute atomic E-state index is 0.0185. The Balaban J connectivity index is 0. The molecule has 0 saturated heterocycles. The van der Waals surface area contributed by atoms with Crippen molar-refractivity contribution in [3.05, 3.63) is 29.8 Å². The van der Waals surface area contributed by atoms with Gasteiger partial charge in [-0.1, -0.05) is 50.0 Å². The summed E-state index contributed by atoms with van der Waals surface area (Å²) in [5.41, 5.74) is 0.611. The average Bonchev–Trinajstić information content (AvgIpc) is 2.33. The molecular formula is C13H21BrO2. The lowest BCUT2D eigenvalue weighted by Gasteiger charge is -1.95. The van der Waals surface area contributed by atoms with E-state index in [0.717, 1.165) is 0 Å². The van der Waals surface area contributed by atoms with E-state index in [0.29, 0.717) is 10.9 Å². The molecule has 1 rings (SSSR count). The maximum Gasteiger partial charge on any atom is 0.173 e. The Labute approximate surface area is 107 Å². The second-order valence-corrected chi connectivity index (χ2v) is 3.37. The number of phenolic OH excluding ortho intramolecular Hbond substituents is 1. The summed E-state index contributed by atoms with van der Waals surface area (Å²) < 4.78 is 0. The third kappa shape index (κ3) is 8.48. The molecule has 0 aromatic heterocycles. The van der Waals surface area contributed by atoms with Gasteiger partial charge in [-0.05, 0) is 24.3 Å². The van der Waals surface area contributed by atoms with Gasteiger partial charge in [0.05, 0.1) is 5.33 Å². The van der Waals surface area contributed by atoms with Crippen molar-refractivity contribution in [2.45, 2.75) is 34.1 Å². The van der Waals surface area contributed by atoms with Gasteiger partial charge in [0.2, 0.25) is 0 Å². The molecule has 1 aromatic rings. The number of hydrogen-bond acceptors (Lipinski definition) is 2. The number of alkyl halides is 1. The molecule has 92 valence electrons. The molecule has 1 aromatic carbocycles. The molecule has 0 atom stereocenters. The second kappa shape index (κ2) is 12.2. The Bertz CT molecular complexity index is 268. The van der Waals surface area contributed by atoms with Gasteiger partial charge in [-0.15, -0.1) is 0 Å². The van der Waals surface area contributed by atoms with Crippen LogP contribution >= 0.6 is 15.9 Å². The molecule has 16 heavy (non-hydrogen) atoms. The summed E-state index contributed by atoms with van der Waals surface area (Å²) in [6, 6.07) is 6.18. The molecule has 2 nitrogen and oxygen atoms in total. The highest BCUT2D eigenvalue weighted by Crippen LogP contribution is 2.10. The van der Waals surface area contributed by atoms with Gasteiger partial charge in [0.1, 0.15) is 5.75 Å². The van der Waals surface area contributed by atoms with Crippen molar-refractivity contribution in [3.8, 4) is 5.75 Å². The first-order valence-corrected chi connectivity index (χ1v) is 6.66. The normalized spacial score (nSPS) is 8.06. The first-order valence-electron chi connectivity index (χ1n) is 5.53. The average molecular weight is 289 g/mol. The molecule has 0 spiro atoms. The minimum Gasteiger partial charge on any atom is -0.508 e. The highest BCUT2D eigenvalue weighted by molar-refractivity contribution is 9.09. The van der Waals surface area contributed by atoms with E-state index in [1.54, 1.807) is 12.1 Å². The fraction of sp³-hybridized carbons (Fsp3) is 0.462. The van der Waals surface area contributed by atoms with Crippen LogP contribution in [0.15, 0.2) is 24.3 Å². The Morgan fingerprint density at radius 3 is 1.88 bits per heavy atom. The molecule has 0 heterocycles. The van der Waals surface area contributed by atoms with E-state index < -0.39 is 0 Å². The van der Waals surface area contributed by atoms with Crippen LogP contribution < -0.4 is 0 Å². The van der Waals surface area contributed by atoms with Gasteiger partial charge < -0.3 is 5.11 Å². The summed E-state index contributed by atoms with van der Waals surface area (Å²) in [6.07, 6.45) is 1.25. The zero-order valence-electron chi connectivity index (χ0n) is 10.5. The third-order valence-corrected chi connectivity index (χ3v) is 1.82. The van der Waals surface area contributed by atoms with Gasteiger partial charge in [-0.3, -0.25) is 4.79 Å². The van der Waals surface area contributed by atoms with Crippen molar-refractivity contribution in [2.75, 3.05) is 5.33 Å². The minimum atomic E-state index is 0.0185. The van der Waals surface area contributed by atoms with Gasteiger partial charge in [-0.2, -0.15) is 0 Å². The smallest absolute Gasteiger partial charge is 0.173 e. The summed E-state index contributed by atoms with van der Waals surface area (Å²) in [5, 5.41) is 9.21. The van der Waals surface area contributed by atoms with E-state index in [1.165, 1.54) is 18.6 Å². The van der Waals surface area contributed by atoms with Crippen molar-refractivity contribution < 1.29 is 9.90 Å². The summed E-state index contributed by atoms with van der Waals surface area (Å²) in [6.45, 7) is 8.25. The number of halogens is 1. The number of hydrogen-bond donors (Lipinski definition) is 1. The number of benzene rings is 1. The lowest BCUT2D eigenvalue weighted by atomic mass is 10.1. The van der Waals surface area contributed by atoms with Crippen LogP contribution in [0.2, 0.25) is 0 Å². The zero-order chi connectivity index (χ0) is 13.0. The summed E-state index contributed by atoms with van der Waals surface area (Å²) in [4.78, 5) is 11.0. The Hall–Kier alpha value is -0.830. The molecule has 0 radical (unpaired) electrons. The van der Waals surface area contributed by atoms with E-state index >= 15 is 0 Å². The van der Waals surface area contributed by atoms with E-state index in [4.69, 9.17) is 5.11 Å². The molecule has 0 amide bonds.